The van der Waals surface area contributed by atoms with Gasteiger partial charge in [-0.2, -0.15) is 0 Å². The van der Waals surface area contributed by atoms with E-state index in [1.165, 1.54) is 6.33 Å². The smallest absolute Gasteiger partial charge is 0.187 e. The van der Waals surface area contributed by atoms with Gasteiger partial charge in [-0.15, -0.1) is 5.10 Å². The lowest BCUT2D eigenvalue weighted by Crippen LogP contribution is -2.44. The van der Waals surface area contributed by atoms with E-state index in [0.29, 0.717) is 30.6 Å². The van der Waals surface area contributed by atoms with Crippen molar-refractivity contribution in [2.24, 2.45) is 0 Å². The van der Waals surface area contributed by atoms with Crippen LogP contribution in [0.1, 0.15) is 50.0 Å². The summed E-state index contributed by atoms with van der Waals surface area (Å²) < 4.78 is 21.8. The largest absolute Gasteiger partial charge is 0.378 e. The number of aryl methyl sites for hydroxylation is 1. The van der Waals surface area contributed by atoms with Crippen LogP contribution in [0.4, 0.5) is 10.2 Å². The van der Waals surface area contributed by atoms with Gasteiger partial charge in [-0.25, -0.2) is 19.0 Å². The highest BCUT2D eigenvalue weighted by molar-refractivity contribution is 5.46. The standard InChI is InChI=1S/C17H23FN6O/c1-3-15-16(18)17(20-10-19-15)24-12-4-5-13(24)7-14(6-12)23-8-11(9-25-2)21-22-23/h8,10,12-14H,3-7,9H2,1-2H3. The minimum absolute atomic E-state index is 0.261. The Morgan fingerprint density at radius 2 is 1.96 bits per heavy atom. The maximum atomic E-state index is 14.7. The second-order valence-corrected chi connectivity index (χ2v) is 6.85. The number of nitrogens with zero attached hydrogens (tertiary/aromatic N) is 6. The molecule has 4 heterocycles. The van der Waals surface area contributed by atoms with Gasteiger partial charge in [0, 0.05) is 19.2 Å². The first-order valence-electron chi connectivity index (χ1n) is 8.88. The number of methoxy groups -OCH3 is 1. The number of rotatable bonds is 5. The maximum Gasteiger partial charge on any atom is 0.187 e. The van der Waals surface area contributed by atoms with Gasteiger partial charge in [0.25, 0.3) is 0 Å². The summed E-state index contributed by atoms with van der Waals surface area (Å²) in [5, 5.41) is 8.43. The van der Waals surface area contributed by atoms with Gasteiger partial charge in [0.1, 0.15) is 12.0 Å². The van der Waals surface area contributed by atoms with Crippen molar-refractivity contribution in [2.45, 2.75) is 63.8 Å². The molecule has 2 fully saturated rings. The average molecular weight is 346 g/mol. The lowest BCUT2D eigenvalue weighted by molar-refractivity contribution is 0.181. The number of piperidine rings is 1. The maximum absolute atomic E-state index is 14.7. The molecule has 0 saturated carbocycles. The molecule has 2 aromatic rings. The second-order valence-electron chi connectivity index (χ2n) is 6.85. The van der Waals surface area contributed by atoms with Crippen LogP contribution in [0.25, 0.3) is 0 Å². The fraction of sp³-hybridized carbons (Fsp3) is 0.647. The summed E-state index contributed by atoms with van der Waals surface area (Å²) >= 11 is 0. The van der Waals surface area contributed by atoms with Crippen molar-refractivity contribution in [3.05, 3.63) is 29.7 Å². The third kappa shape index (κ3) is 2.88. The number of halogens is 1. The Morgan fingerprint density at radius 1 is 1.20 bits per heavy atom. The Morgan fingerprint density at radius 3 is 2.64 bits per heavy atom. The zero-order valence-electron chi connectivity index (χ0n) is 14.6. The van der Waals surface area contributed by atoms with Crippen LogP contribution in [0, 0.1) is 5.82 Å². The summed E-state index contributed by atoms with van der Waals surface area (Å²) in [6.07, 6.45) is 8.00. The molecule has 0 amide bonds. The molecule has 2 aliphatic heterocycles. The number of hydrogen-bond donors (Lipinski definition) is 0. The van der Waals surface area contributed by atoms with Gasteiger partial charge in [0.15, 0.2) is 11.6 Å². The number of aromatic nitrogens is 5. The summed E-state index contributed by atoms with van der Waals surface area (Å²) in [6.45, 7) is 2.38. The van der Waals surface area contributed by atoms with Crippen LogP contribution >= 0.6 is 0 Å². The van der Waals surface area contributed by atoms with E-state index in [4.69, 9.17) is 4.74 Å². The van der Waals surface area contributed by atoms with Crippen molar-refractivity contribution in [2.75, 3.05) is 12.0 Å². The molecule has 8 heteroatoms. The second kappa shape index (κ2) is 6.67. The molecule has 2 bridgehead atoms. The van der Waals surface area contributed by atoms with Gasteiger partial charge in [-0.05, 0) is 32.1 Å². The number of ether oxygens (including phenoxy) is 1. The van der Waals surface area contributed by atoms with E-state index < -0.39 is 0 Å². The molecule has 0 N–H and O–H groups in total. The highest BCUT2D eigenvalue weighted by atomic mass is 19.1. The van der Waals surface area contributed by atoms with Crippen LogP contribution < -0.4 is 4.90 Å². The zero-order valence-corrected chi connectivity index (χ0v) is 14.6. The third-order valence-corrected chi connectivity index (χ3v) is 5.36. The molecule has 2 unspecified atom stereocenters. The number of anilines is 1. The van der Waals surface area contributed by atoms with Crippen LogP contribution in [0.15, 0.2) is 12.5 Å². The summed E-state index contributed by atoms with van der Waals surface area (Å²) in [5.74, 6) is 0.208. The Bertz CT molecular complexity index is 736. The molecule has 2 saturated heterocycles. The molecule has 2 atom stereocenters. The van der Waals surface area contributed by atoms with Crippen LogP contribution in [0.2, 0.25) is 0 Å². The highest BCUT2D eigenvalue weighted by Crippen LogP contribution is 2.43. The molecule has 2 aliphatic rings. The topological polar surface area (TPSA) is 69.0 Å². The summed E-state index contributed by atoms with van der Waals surface area (Å²) in [6, 6.07) is 0.864. The highest BCUT2D eigenvalue weighted by Gasteiger charge is 2.43. The van der Waals surface area contributed by atoms with Crippen molar-refractivity contribution in [3.8, 4) is 0 Å². The monoisotopic (exact) mass is 346 g/mol. The molecule has 134 valence electrons. The summed E-state index contributed by atoms with van der Waals surface area (Å²) in [5.41, 5.74) is 1.33. The fourth-order valence-corrected chi connectivity index (χ4v) is 4.24. The molecule has 0 spiro atoms. The molecular weight excluding hydrogens is 323 g/mol. The first kappa shape index (κ1) is 16.4. The third-order valence-electron chi connectivity index (χ3n) is 5.36. The van der Waals surface area contributed by atoms with Gasteiger partial charge < -0.3 is 9.64 Å². The van der Waals surface area contributed by atoms with Crippen molar-refractivity contribution >= 4 is 5.82 Å². The quantitative estimate of drug-likeness (QED) is 0.827. The van der Waals surface area contributed by atoms with E-state index in [0.717, 1.165) is 31.4 Å². The molecule has 0 aliphatic carbocycles. The van der Waals surface area contributed by atoms with E-state index >= 15 is 0 Å². The van der Waals surface area contributed by atoms with Gasteiger partial charge in [0.05, 0.1) is 24.5 Å². The Labute approximate surface area is 146 Å². The Kier molecular flexibility index (Phi) is 4.37. The number of hydrogen-bond acceptors (Lipinski definition) is 6. The predicted molar refractivity (Wildman–Crippen MR) is 89.7 cm³/mol. The summed E-state index contributed by atoms with van der Waals surface area (Å²) in [4.78, 5) is 10.5. The van der Waals surface area contributed by atoms with Crippen molar-refractivity contribution in [3.63, 3.8) is 0 Å². The van der Waals surface area contributed by atoms with Gasteiger partial charge in [-0.3, -0.25) is 0 Å². The van der Waals surface area contributed by atoms with E-state index in [1.807, 2.05) is 17.8 Å². The number of fused-ring (bicyclic) bond motifs is 2. The predicted octanol–water partition coefficient (Wildman–Crippen LogP) is 2.29. The molecule has 7 nitrogen and oxygen atoms in total. The van der Waals surface area contributed by atoms with Gasteiger partial charge in [0.2, 0.25) is 0 Å². The summed E-state index contributed by atoms with van der Waals surface area (Å²) in [7, 11) is 1.65. The zero-order chi connectivity index (χ0) is 17.4. The normalized spacial score (nSPS) is 25.6. The van der Waals surface area contributed by atoms with Gasteiger partial charge >= 0.3 is 0 Å². The van der Waals surface area contributed by atoms with Crippen molar-refractivity contribution in [1.82, 2.24) is 25.0 Å². The Balaban J connectivity index is 1.56. The SMILES string of the molecule is CCc1ncnc(N2C3CCC2CC(n2cc(COC)nn2)C3)c1F. The van der Waals surface area contributed by atoms with E-state index in [1.54, 1.807) is 7.11 Å². The van der Waals surface area contributed by atoms with Crippen LogP contribution in [-0.2, 0) is 17.8 Å². The molecular formula is C17H23FN6O. The fourth-order valence-electron chi connectivity index (χ4n) is 4.24. The molecule has 2 aromatic heterocycles. The molecule has 25 heavy (non-hydrogen) atoms. The van der Waals surface area contributed by atoms with Gasteiger partial charge in [-0.1, -0.05) is 12.1 Å². The van der Waals surface area contributed by atoms with E-state index in [9.17, 15) is 4.39 Å². The lowest BCUT2D eigenvalue weighted by atomic mass is 9.97. The van der Waals surface area contributed by atoms with E-state index in [2.05, 4.69) is 25.2 Å². The van der Waals surface area contributed by atoms with Crippen LogP contribution in [-0.4, -0.2) is 44.2 Å². The van der Waals surface area contributed by atoms with Crippen molar-refractivity contribution in [1.29, 1.82) is 0 Å². The molecule has 4 rings (SSSR count). The first-order valence-corrected chi connectivity index (χ1v) is 8.88. The minimum atomic E-state index is -0.261. The minimum Gasteiger partial charge on any atom is -0.378 e. The Hall–Kier alpha value is -2.09. The molecule has 0 aromatic carbocycles. The average Bonchev–Trinajstić information content (AvgIpc) is 3.18. The molecule has 0 radical (unpaired) electrons. The lowest BCUT2D eigenvalue weighted by Gasteiger charge is -2.39. The van der Waals surface area contributed by atoms with Crippen molar-refractivity contribution < 1.29 is 9.13 Å². The van der Waals surface area contributed by atoms with Crippen LogP contribution in [0.5, 0.6) is 0 Å². The van der Waals surface area contributed by atoms with E-state index in [-0.39, 0.29) is 17.9 Å². The van der Waals surface area contributed by atoms with Crippen LogP contribution in [0.3, 0.4) is 0 Å². The first-order chi connectivity index (χ1) is 12.2.